The molecule has 34 heavy (non-hydrogen) atoms. The number of amides is 1. The fourth-order valence-electron chi connectivity index (χ4n) is 3.89. The van der Waals surface area contributed by atoms with E-state index in [2.05, 4.69) is 15.5 Å². The highest BCUT2D eigenvalue weighted by atomic mass is 16.5. The van der Waals surface area contributed by atoms with Crippen molar-refractivity contribution in [3.8, 4) is 17.1 Å². The van der Waals surface area contributed by atoms with E-state index in [1.165, 1.54) is 0 Å². The van der Waals surface area contributed by atoms with Gasteiger partial charge in [0.25, 0.3) is 0 Å². The number of hydrogen-bond acceptors (Lipinski definition) is 5. The number of aryl methyl sites for hydroxylation is 1. The lowest BCUT2D eigenvalue weighted by molar-refractivity contribution is -0.121. The number of methoxy groups -OCH3 is 1. The molecule has 174 valence electrons. The normalized spacial score (nSPS) is 10.9. The Bertz CT molecular complexity index is 1120. The number of nitrogens with zero attached hydrogens (tertiary/aromatic N) is 2. The number of carbonyl (C=O) groups is 1. The van der Waals surface area contributed by atoms with E-state index in [4.69, 9.17) is 9.26 Å². The topological polar surface area (TPSA) is 77.3 Å². The summed E-state index contributed by atoms with van der Waals surface area (Å²) < 4.78 is 10.6. The summed E-state index contributed by atoms with van der Waals surface area (Å²) in [7, 11) is 1.64. The second-order valence-corrected chi connectivity index (χ2v) is 8.10. The molecule has 0 fully saturated rings. The predicted molar refractivity (Wildman–Crippen MR) is 132 cm³/mol. The molecule has 1 aromatic heterocycles. The summed E-state index contributed by atoms with van der Waals surface area (Å²) in [6, 6.07) is 27.4. The molecular weight excluding hydrogens is 426 g/mol. The van der Waals surface area contributed by atoms with Crippen molar-refractivity contribution in [2.45, 2.75) is 31.6 Å². The van der Waals surface area contributed by atoms with E-state index in [0.29, 0.717) is 24.7 Å². The van der Waals surface area contributed by atoms with Crippen molar-refractivity contribution in [2.75, 3.05) is 13.7 Å². The first-order valence-corrected chi connectivity index (χ1v) is 11.6. The predicted octanol–water partition coefficient (Wildman–Crippen LogP) is 5.41. The molecule has 0 bridgehead atoms. The summed E-state index contributed by atoms with van der Waals surface area (Å²) in [6.45, 7) is 0.635. The Labute approximate surface area is 200 Å². The fraction of sp³-hybridized carbons (Fsp3) is 0.250. The molecule has 3 aromatic carbocycles. The largest absolute Gasteiger partial charge is 0.497 e. The molecule has 6 heteroatoms. The molecule has 1 heterocycles. The van der Waals surface area contributed by atoms with Crippen LogP contribution in [0.4, 0.5) is 0 Å². The first-order valence-electron chi connectivity index (χ1n) is 11.6. The van der Waals surface area contributed by atoms with Gasteiger partial charge in [0, 0.05) is 18.5 Å². The maximum atomic E-state index is 13.0. The lowest BCUT2D eigenvalue weighted by Gasteiger charge is -2.18. The van der Waals surface area contributed by atoms with Gasteiger partial charge in [0.1, 0.15) is 5.75 Å². The minimum Gasteiger partial charge on any atom is -0.497 e. The fourth-order valence-corrected chi connectivity index (χ4v) is 3.89. The summed E-state index contributed by atoms with van der Waals surface area (Å²) >= 11 is 0. The van der Waals surface area contributed by atoms with Crippen molar-refractivity contribution in [1.82, 2.24) is 15.5 Å². The quantitative estimate of drug-likeness (QED) is 0.306. The maximum absolute atomic E-state index is 13.0. The third-order valence-electron chi connectivity index (χ3n) is 5.71. The minimum atomic E-state index is -0.308. The number of benzene rings is 3. The Balaban J connectivity index is 1.23. The zero-order valence-electron chi connectivity index (χ0n) is 19.3. The Morgan fingerprint density at radius 3 is 2.15 bits per heavy atom. The molecule has 4 rings (SSSR count). The highest BCUT2D eigenvalue weighted by molar-refractivity contribution is 5.87. The molecule has 0 aliphatic heterocycles. The number of nitrogens with one attached hydrogen (secondary N) is 1. The number of aromatic nitrogens is 2. The Morgan fingerprint density at radius 2 is 1.53 bits per heavy atom. The SMILES string of the molecule is COc1ccc(-c2noc(CCCCCNC(=O)C(c3ccccc3)c3ccccc3)n2)cc1. The van der Waals surface area contributed by atoms with E-state index >= 15 is 0 Å². The van der Waals surface area contributed by atoms with E-state index in [-0.39, 0.29) is 11.8 Å². The Hall–Kier alpha value is -3.93. The summed E-state index contributed by atoms with van der Waals surface area (Å²) in [5.41, 5.74) is 2.88. The second kappa shape index (κ2) is 11.8. The number of carbonyl (C=O) groups excluding carboxylic acids is 1. The molecule has 0 aliphatic carbocycles. The van der Waals surface area contributed by atoms with E-state index in [1.54, 1.807) is 7.11 Å². The molecule has 0 unspecified atom stereocenters. The summed E-state index contributed by atoms with van der Waals surface area (Å²) in [4.78, 5) is 17.5. The Morgan fingerprint density at radius 1 is 0.882 bits per heavy atom. The monoisotopic (exact) mass is 455 g/mol. The first kappa shape index (κ1) is 23.2. The van der Waals surface area contributed by atoms with Crippen molar-refractivity contribution >= 4 is 5.91 Å². The van der Waals surface area contributed by atoms with E-state index in [1.807, 2.05) is 84.9 Å². The first-order chi connectivity index (χ1) is 16.7. The van der Waals surface area contributed by atoms with Crippen molar-refractivity contribution < 1.29 is 14.1 Å². The van der Waals surface area contributed by atoms with Crippen molar-refractivity contribution in [3.63, 3.8) is 0 Å². The van der Waals surface area contributed by atoms with Gasteiger partial charge in [-0.2, -0.15) is 4.98 Å². The zero-order chi connectivity index (χ0) is 23.6. The van der Waals surface area contributed by atoms with Gasteiger partial charge in [0.15, 0.2) is 0 Å². The van der Waals surface area contributed by atoms with E-state index in [9.17, 15) is 4.79 Å². The van der Waals surface area contributed by atoms with Crippen LogP contribution in [0.2, 0.25) is 0 Å². The average Bonchev–Trinajstić information content (AvgIpc) is 3.36. The van der Waals surface area contributed by atoms with Gasteiger partial charge < -0.3 is 14.6 Å². The summed E-state index contributed by atoms with van der Waals surface area (Å²) in [6.07, 6.45) is 3.48. The third-order valence-corrected chi connectivity index (χ3v) is 5.71. The number of rotatable bonds is 11. The van der Waals surface area contributed by atoms with Crippen LogP contribution in [0.25, 0.3) is 11.4 Å². The highest BCUT2D eigenvalue weighted by Crippen LogP contribution is 2.25. The minimum absolute atomic E-state index is 0.0263. The molecule has 4 aromatic rings. The van der Waals surface area contributed by atoms with Gasteiger partial charge >= 0.3 is 0 Å². The third kappa shape index (κ3) is 6.10. The zero-order valence-corrected chi connectivity index (χ0v) is 19.3. The van der Waals surface area contributed by atoms with Crippen LogP contribution in [0.15, 0.2) is 89.5 Å². The van der Waals surface area contributed by atoms with Crippen molar-refractivity contribution in [2.24, 2.45) is 0 Å². The standard InChI is InChI=1S/C28H29N3O3/c1-33-24-18-16-23(17-19-24)27-30-25(34-31-27)15-9-4-10-20-29-28(32)26(21-11-5-2-6-12-21)22-13-7-3-8-14-22/h2-3,5-8,11-14,16-19,26H,4,9-10,15,20H2,1H3,(H,29,32). The maximum Gasteiger partial charge on any atom is 0.232 e. The van der Waals surface area contributed by atoms with Crippen LogP contribution in [0.3, 0.4) is 0 Å². The van der Waals surface area contributed by atoms with Gasteiger partial charge in [-0.25, -0.2) is 0 Å². The van der Waals surface area contributed by atoms with Crippen LogP contribution >= 0.6 is 0 Å². The molecule has 0 atom stereocenters. The molecule has 0 saturated carbocycles. The van der Waals surface area contributed by atoms with Gasteiger partial charge in [0.2, 0.25) is 17.6 Å². The van der Waals surface area contributed by atoms with Gasteiger partial charge in [-0.15, -0.1) is 0 Å². The van der Waals surface area contributed by atoms with Gasteiger partial charge in [-0.1, -0.05) is 72.2 Å². The summed E-state index contributed by atoms with van der Waals surface area (Å²) in [5, 5.41) is 7.19. The Kier molecular flexibility index (Phi) is 8.06. The molecule has 1 amide bonds. The highest BCUT2D eigenvalue weighted by Gasteiger charge is 2.21. The number of ether oxygens (including phenoxy) is 1. The van der Waals surface area contributed by atoms with Crippen molar-refractivity contribution in [1.29, 1.82) is 0 Å². The van der Waals surface area contributed by atoms with Crippen LogP contribution in [0, 0.1) is 0 Å². The lowest BCUT2D eigenvalue weighted by atomic mass is 9.90. The molecule has 6 nitrogen and oxygen atoms in total. The molecule has 0 aliphatic rings. The molecule has 0 saturated heterocycles. The average molecular weight is 456 g/mol. The number of hydrogen-bond donors (Lipinski definition) is 1. The smallest absolute Gasteiger partial charge is 0.232 e. The molecule has 0 spiro atoms. The van der Waals surface area contributed by atoms with Gasteiger partial charge in [-0.05, 0) is 48.2 Å². The molecule has 1 N–H and O–H groups in total. The van der Waals surface area contributed by atoms with Gasteiger partial charge in [0.05, 0.1) is 13.0 Å². The van der Waals surface area contributed by atoms with Crippen molar-refractivity contribution in [3.05, 3.63) is 102 Å². The van der Waals surface area contributed by atoms with Crippen LogP contribution in [0.5, 0.6) is 5.75 Å². The van der Waals surface area contributed by atoms with E-state index < -0.39 is 0 Å². The second-order valence-electron chi connectivity index (χ2n) is 8.10. The van der Waals surface area contributed by atoms with Crippen LogP contribution in [-0.4, -0.2) is 29.7 Å². The van der Waals surface area contributed by atoms with Crippen LogP contribution in [0.1, 0.15) is 42.2 Å². The lowest BCUT2D eigenvalue weighted by Crippen LogP contribution is -2.30. The molecule has 0 radical (unpaired) electrons. The van der Waals surface area contributed by atoms with E-state index in [0.717, 1.165) is 41.7 Å². The van der Waals surface area contributed by atoms with Gasteiger partial charge in [-0.3, -0.25) is 4.79 Å². The summed E-state index contributed by atoms with van der Waals surface area (Å²) in [5.74, 6) is 1.72. The number of unbranched alkanes of at least 4 members (excludes halogenated alkanes) is 2. The van der Waals surface area contributed by atoms with Crippen LogP contribution in [-0.2, 0) is 11.2 Å². The van der Waals surface area contributed by atoms with Crippen LogP contribution < -0.4 is 10.1 Å². The molecular formula is C28H29N3O3.